The molecule has 0 saturated heterocycles. The minimum Gasteiger partial charge on any atom is -0.355 e. The number of hydrogen-bond donors (Lipinski definition) is 2. The summed E-state index contributed by atoms with van der Waals surface area (Å²) < 4.78 is 1.78. The van der Waals surface area contributed by atoms with Crippen LogP contribution in [-0.2, 0) is 18.3 Å². The zero-order valence-electron chi connectivity index (χ0n) is 10.2. The molecule has 1 unspecified atom stereocenters. The Balaban J connectivity index is 2.22. The highest BCUT2D eigenvalue weighted by molar-refractivity contribution is 5.81. The van der Waals surface area contributed by atoms with Crippen LogP contribution in [0.3, 0.4) is 0 Å². The van der Waals surface area contributed by atoms with Crippen LogP contribution in [0.1, 0.15) is 19.4 Å². The van der Waals surface area contributed by atoms with Crippen molar-refractivity contribution in [2.24, 2.45) is 7.05 Å². The van der Waals surface area contributed by atoms with E-state index in [1.807, 2.05) is 33.3 Å². The molecule has 1 heterocycles. The number of carbonyl (C=O) groups is 1. The molecule has 5 nitrogen and oxygen atoms in total. The SMILES string of the molecule is CCNC(=O)C(C)NCCc1cnn(C)c1. The molecule has 0 aliphatic carbocycles. The van der Waals surface area contributed by atoms with Gasteiger partial charge in [0, 0.05) is 26.3 Å². The Morgan fingerprint density at radius 2 is 2.38 bits per heavy atom. The van der Waals surface area contributed by atoms with Gasteiger partial charge in [-0.3, -0.25) is 9.48 Å². The lowest BCUT2D eigenvalue weighted by molar-refractivity contribution is -0.122. The van der Waals surface area contributed by atoms with Crippen molar-refractivity contribution in [2.75, 3.05) is 13.1 Å². The lowest BCUT2D eigenvalue weighted by Crippen LogP contribution is -2.42. The average molecular weight is 224 g/mol. The lowest BCUT2D eigenvalue weighted by Gasteiger charge is -2.12. The fourth-order valence-electron chi connectivity index (χ4n) is 1.45. The van der Waals surface area contributed by atoms with Crippen molar-refractivity contribution in [3.8, 4) is 0 Å². The van der Waals surface area contributed by atoms with E-state index in [4.69, 9.17) is 0 Å². The maximum atomic E-state index is 11.4. The third kappa shape index (κ3) is 4.02. The van der Waals surface area contributed by atoms with Crippen molar-refractivity contribution in [2.45, 2.75) is 26.3 Å². The predicted octanol–water partition coefficient (Wildman–Crippen LogP) is 0.0768. The fraction of sp³-hybridized carbons (Fsp3) is 0.636. The largest absolute Gasteiger partial charge is 0.355 e. The van der Waals surface area contributed by atoms with Gasteiger partial charge in [0.15, 0.2) is 0 Å². The first-order valence-electron chi connectivity index (χ1n) is 5.62. The van der Waals surface area contributed by atoms with Gasteiger partial charge in [-0.15, -0.1) is 0 Å². The molecule has 5 heteroatoms. The maximum Gasteiger partial charge on any atom is 0.236 e. The number of rotatable bonds is 6. The molecule has 1 rings (SSSR count). The number of hydrogen-bond acceptors (Lipinski definition) is 3. The van der Waals surface area contributed by atoms with Crippen LogP contribution < -0.4 is 10.6 Å². The van der Waals surface area contributed by atoms with Crippen molar-refractivity contribution in [1.29, 1.82) is 0 Å². The lowest BCUT2D eigenvalue weighted by atomic mass is 10.2. The van der Waals surface area contributed by atoms with Gasteiger partial charge >= 0.3 is 0 Å². The van der Waals surface area contributed by atoms with Crippen molar-refractivity contribution >= 4 is 5.91 Å². The third-order valence-electron chi connectivity index (χ3n) is 2.37. The molecule has 1 aromatic heterocycles. The van der Waals surface area contributed by atoms with E-state index in [0.717, 1.165) is 13.0 Å². The van der Waals surface area contributed by atoms with Crippen LogP contribution in [0.4, 0.5) is 0 Å². The normalized spacial score (nSPS) is 12.4. The Morgan fingerprint density at radius 1 is 1.62 bits per heavy atom. The van der Waals surface area contributed by atoms with Crippen molar-refractivity contribution < 1.29 is 4.79 Å². The van der Waals surface area contributed by atoms with Crippen LogP contribution >= 0.6 is 0 Å². The van der Waals surface area contributed by atoms with Gasteiger partial charge in [0.25, 0.3) is 0 Å². The molecule has 0 saturated carbocycles. The summed E-state index contributed by atoms with van der Waals surface area (Å²) in [6, 6.07) is -0.142. The van der Waals surface area contributed by atoms with E-state index in [2.05, 4.69) is 15.7 Å². The standard InChI is InChI=1S/C11H20N4O/c1-4-12-11(16)9(2)13-6-5-10-7-14-15(3)8-10/h7-9,13H,4-6H2,1-3H3,(H,12,16). The van der Waals surface area contributed by atoms with Crippen LogP contribution in [0.25, 0.3) is 0 Å². The van der Waals surface area contributed by atoms with Gasteiger partial charge < -0.3 is 10.6 Å². The van der Waals surface area contributed by atoms with Crippen LogP contribution in [0, 0.1) is 0 Å². The van der Waals surface area contributed by atoms with Gasteiger partial charge in [0.2, 0.25) is 5.91 Å². The highest BCUT2D eigenvalue weighted by Gasteiger charge is 2.09. The Labute approximate surface area is 96.2 Å². The van der Waals surface area contributed by atoms with Gasteiger partial charge in [-0.05, 0) is 25.8 Å². The van der Waals surface area contributed by atoms with E-state index in [0.29, 0.717) is 6.54 Å². The van der Waals surface area contributed by atoms with Gasteiger partial charge in [0.1, 0.15) is 0 Å². The van der Waals surface area contributed by atoms with E-state index in [1.165, 1.54) is 5.56 Å². The number of carbonyl (C=O) groups excluding carboxylic acids is 1. The monoisotopic (exact) mass is 224 g/mol. The second kappa shape index (κ2) is 6.27. The maximum absolute atomic E-state index is 11.4. The molecule has 0 aliphatic heterocycles. The molecule has 0 bridgehead atoms. The van der Waals surface area contributed by atoms with E-state index in [-0.39, 0.29) is 11.9 Å². The van der Waals surface area contributed by atoms with Crippen LogP contribution in [0.2, 0.25) is 0 Å². The summed E-state index contributed by atoms with van der Waals surface area (Å²) >= 11 is 0. The first-order chi connectivity index (χ1) is 7.63. The summed E-state index contributed by atoms with van der Waals surface area (Å²) in [5.41, 5.74) is 1.18. The van der Waals surface area contributed by atoms with Crippen molar-refractivity contribution in [1.82, 2.24) is 20.4 Å². The number of likely N-dealkylation sites (N-methyl/N-ethyl adjacent to an activating group) is 1. The quantitative estimate of drug-likeness (QED) is 0.719. The molecule has 1 amide bonds. The molecule has 0 radical (unpaired) electrons. The highest BCUT2D eigenvalue weighted by atomic mass is 16.2. The van der Waals surface area contributed by atoms with Crippen molar-refractivity contribution in [3.05, 3.63) is 18.0 Å². The molecular formula is C11H20N4O. The molecule has 2 N–H and O–H groups in total. The number of aromatic nitrogens is 2. The summed E-state index contributed by atoms with van der Waals surface area (Å²) in [4.78, 5) is 11.4. The minimum atomic E-state index is -0.142. The van der Waals surface area contributed by atoms with Gasteiger partial charge in [0.05, 0.1) is 12.2 Å². The Bertz CT molecular complexity index is 334. The smallest absolute Gasteiger partial charge is 0.236 e. The Morgan fingerprint density at radius 3 is 2.94 bits per heavy atom. The summed E-state index contributed by atoms with van der Waals surface area (Å²) in [5.74, 6) is 0.0497. The van der Waals surface area contributed by atoms with E-state index in [1.54, 1.807) is 4.68 Å². The van der Waals surface area contributed by atoms with Gasteiger partial charge in [-0.1, -0.05) is 0 Å². The Hall–Kier alpha value is -1.36. The van der Waals surface area contributed by atoms with Crippen molar-refractivity contribution in [3.63, 3.8) is 0 Å². The van der Waals surface area contributed by atoms with E-state index < -0.39 is 0 Å². The number of nitrogens with one attached hydrogen (secondary N) is 2. The summed E-state index contributed by atoms with van der Waals surface area (Å²) in [6.07, 6.45) is 4.72. The number of aryl methyl sites for hydroxylation is 1. The first-order valence-corrected chi connectivity index (χ1v) is 5.62. The zero-order chi connectivity index (χ0) is 12.0. The minimum absolute atomic E-state index is 0.0497. The number of nitrogens with zero attached hydrogens (tertiary/aromatic N) is 2. The molecule has 0 aliphatic rings. The summed E-state index contributed by atoms with van der Waals surface area (Å²) in [7, 11) is 1.90. The summed E-state index contributed by atoms with van der Waals surface area (Å²) in [6.45, 7) is 5.24. The highest BCUT2D eigenvalue weighted by Crippen LogP contribution is 1.96. The fourth-order valence-corrected chi connectivity index (χ4v) is 1.45. The Kier molecular flexibility index (Phi) is 4.98. The van der Waals surface area contributed by atoms with Crippen LogP contribution in [0.15, 0.2) is 12.4 Å². The second-order valence-electron chi connectivity index (χ2n) is 3.84. The van der Waals surface area contributed by atoms with Crippen LogP contribution in [-0.4, -0.2) is 34.8 Å². The molecule has 0 spiro atoms. The van der Waals surface area contributed by atoms with Gasteiger partial charge in [-0.25, -0.2) is 0 Å². The molecule has 1 aromatic rings. The van der Waals surface area contributed by atoms with E-state index >= 15 is 0 Å². The predicted molar refractivity (Wildman–Crippen MR) is 63.1 cm³/mol. The third-order valence-corrected chi connectivity index (χ3v) is 2.37. The molecule has 16 heavy (non-hydrogen) atoms. The average Bonchev–Trinajstić information content (AvgIpc) is 2.64. The van der Waals surface area contributed by atoms with Gasteiger partial charge in [-0.2, -0.15) is 5.10 Å². The first kappa shape index (κ1) is 12.7. The molecule has 90 valence electrons. The topological polar surface area (TPSA) is 59.0 Å². The molecule has 0 aromatic carbocycles. The number of amides is 1. The zero-order valence-corrected chi connectivity index (χ0v) is 10.2. The van der Waals surface area contributed by atoms with E-state index in [9.17, 15) is 4.79 Å². The second-order valence-corrected chi connectivity index (χ2v) is 3.84. The molecule has 1 atom stereocenters. The molecular weight excluding hydrogens is 204 g/mol. The van der Waals surface area contributed by atoms with Crippen LogP contribution in [0.5, 0.6) is 0 Å². The molecule has 0 fully saturated rings. The summed E-state index contributed by atoms with van der Waals surface area (Å²) in [5, 5.41) is 10.0.